The summed E-state index contributed by atoms with van der Waals surface area (Å²) in [6.45, 7) is 6.74. The Morgan fingerprint density at radius 3 is 2.26 bits per heavy atom. The minimum Gasteiger partial charge on any atom is -0.379 e. The monoisotopic (exact) mass is 481 g/mol. The Balaban J connectivity index is 1.36. The Labute approximate surface area is 204 Å². The minimum atomic E-state index is -0.434. The van der Waals surface area contributed by atoms with Crippen LogP contribution in [-0.2, 0) is 9.53 Å². The number of carbonyl (C=O) groups is 2. The van der Waals surface area contributed by atoms with Gasteiger partial charge in [-0.3, -0.25) is 24.6 Å². The van der Waals surface area contributed by atoms with Crippen LogP contribution in [0.1, 0.15) is 30.1 Å². The molecule has 2 fully saturated rings. The van der Waals surface area contributed by atoms with E-state index >= 15 is 0 Å². The summed E-state index contributed by atoms with van der Waals surface area (Å²) in [6, 6.07) is 11.4. The molecule has 0 spiro atoms. The number of benzene rings is 2. The van der Waals surface area contributed by atoms with E-state index < -0.39 is 10.8 Å². The second kappa shape index (κ2) is 11.3. The van der Waals surface area contributed by atoms with Gasteiger partial charge in [-0.1, -0.05) is 6.92 Å². The summed E-state index contributed by atoms with van der Waals surface area (Å²) in [6.07, 6.45) is 1.98. The molecule has 2 saturated heterocycles. The first-order valence-corrected chi connectivity index (χ1v) is 11.9. The molecule has 2 N–H and O–H groups in total. The highest BCUT2D eigenvalue weighted by Crippen LogP contribution is 2.32. The molecule has 0 aliphatic carbocycles. The van der Waals surface area contributed by atoms with E-state index in [-0.39, 0.29) is 17.2 Å². The van der Waals surface area contributed by atoms with Crippen LogP contribution < -0.4 is 15.5 Å². The lowest BCUT2D eigenvalue weighted by atomic mass is 9.98. The molecular weight excluding hydrogens is 450 g/mol. The fourth-order valence-electron chi connectivity index (χ4n) is 4.33. The molecule has 0 radical (unpaired) electrons. The molecule has 186 valence electrons. The van der Waals surface area contributed by atoms with Gasteiger partial charge in [0, 0.05) is 49.2 Å². The summed E-state index contributed by atoms with van der Waals surface area (Å²) in [5, 5.41) is 17.3. The number of hydrogen-bond acceptors (Lipinski definition) is 7. The molecule has 10 nitrogen and oxygen atoms in total. The summed E-state index contributed by atoms with van der Waals surface area (Å²) in [7, 11) is 0. The number of piperidine rings is 1. The maximum Gasteiger partial charge on any atom is 0.293 e. The number of amides is 2. The SMILES string of the molecule is CC1CCN(c2ccc(C(=O)Nc3ccc(NC(=O)CN4CCOCC4)cc3)cc2[N+](=O)[O-])CC1. The average molecular weight is 482 g/mol. The lowest BCUT2D eigenvalue weighted by Gasteiger charge is -2.31. The zero-order valence-electron chi connectivity index (χ0n) is 19.9. The molecule has 0 aromatic heterocycles. The van der Waals surface area contributed by atoms with Crippen LogP contribution in [-0.4, -0.2) is 67.6 Å². The van der Waals surface area contributed by atoms with E-state index in [0.717, 1.165) is 39.0 Å². The van der Waals surface area contributed by atoms with Crippen molar-refractivity contribution in [2.24, 2.45) is 5.92 Å². The van der Waals surface area contributed by atoms with Gasteiger partial charge in [-0.2, -0.15) is 0 Å². The molecule has 2 aliphatic heterocycles. The van der Waals surface area contributed by atoms with Gasteiger partial charge in [-0.15, -0.1) is 0 Å². The van der Waals surface area contributed by atoms with Gasteiger partial charge < -0.3 is 20.3 Å². The summed E-state index contributed by atoms with van der Waals surface area (Å²) in [5.74, 6) is 0.0649. The number of nitro benzene ring substituents is 1. The highest BCUT2D eigenvalue weighted by molar-refractivity contribution is 6.05. The number of nitrogens with zero attached hydrogens (tertiary/aromatic N) is 3. The average Bonchev–Trinajstić information content (AvgIpc) is 2.86. The van der Waals surface area contributed by atoms with Crippen LogP contribution in [0.4, 0.5) is 22.7 Å². The second-order valence-electron chi connectivity index (χ2n) is 9.10. The first-order chi connectivity index (χ1) is 16.9. The largest absolute Gasteiger partial charge is 0.379 e. The van der Waals surface area contributed by atoms with Crippen LogP contribution in [0, 0.1) is 16.0 Å². The van der Waals surface area contributed by atoms with Crippen molar-refractivity contribution in [1.29, 1.82) is 0 Å². The number of carbonyl (C=O) groups excluding carboxylic acids is 2. The Morgan fingerprint density at radius 2 is 1.63 bits per heavy atom. The summed E-state index contributed by atoms with van der Waals surface area (Å²) < 4.78 is 5.29. The van der Waals surface area contributed by atoms with E-state index in [1.54, 1.807) is 36.4 Å². The van der Waals surface area contributed by atoms with Crippen molar-refractivity contribution in [3.8, 4) is 0 Å². The fourth-order valence-corrected chi connectivity index (χ4v) is 4.33. The zero-order chi connectivity index (χ0) is 24.8. The predicted octanol–water partition coefficient (Wildman–Crippen LogP) is 3.35. The normalized spacial score (nSPS) is 17.1. The van der Waals surface area contributed by atoms with Gasteiger partial charge in [0.25, 0.3) is 11.6 Å². The quantitative estimate of drug-likeness (QED) is 0.460. The van der Waals surface area contributed by atoms with Crippen molar-refractivity contribution >= 4 is 34.6 Å². The van der Waals surface area contributed by atoms with Gasteiger partial charge in [-0.25, -0.2) is 0 Å². The zero-order valence-corrected chi connectivity index (χ0v) is 19.9. The maximum atomic E-state index is 12.8. The van der Waals surface area contributed by atoms with Gasteiger partial charge in [-0.05, 0) is 55.2 Å². The van der Waals surface area contributed by atoms with Crippen molar-refractivity contribution in [2.75, 3.05) is 61.5 Å². The van der Waals surface area contributed by atoms with Crippen molar-refractivity contribution < 1.29 is 19.2 Å². The van der Waals surface area contributed by atoms with Crippen LogP contribution in [0.2, 0.25) is 0 Å². The van der Waals surface area contributed by atoms with E-state index in [9.17, 15) is 19.7 Å². The Bertz CT molecular complexity index is 1060. The number of rotatable bonds is 7. The highest BCUT2D eigenvalue weighted by atomic mass is 16.6. The molecule has 2 aromatic carbocycles. The molecule has 0 unspecified atom stereocenters. The predicted molar refractivity (Wildman–Crippen MR) is 134 cm³/mol. The smallest absolute Gasteiger partial charge is 0.293 e. The van der Waals surface area contributed by atoms with Gasteiger partial charge in [0.15, 0.2) is 0 Å². The number of morpholine rings is 1. The maximum absolute atomic E-state index is 12.8. The molecule has 2 aromatic rings. The lowest BCUT2D eigenvalue weighted by Crippen LogP contribution is -2.41. The Kier molecular flexibility index (Phi) is 7.94. The van der Waals surface area contributed by atoms with Crippen molar-refractivity contribution in [2.45, 2.75) is 19.8 Å². The third-order valence-electron chi connectivity index (χ3n) is 6.46. The number of nitrogens with one attached hydrogen (secondary N) is 2. The van der Waals surface area contributed by atoms with Gasteiger partial charge in [0.2, 0.25) is 5.91 Å². The number of hydrogen-bond donors (Lipinski definition) is 2. The first-order valence-electron chi connectivity index (χ1n) is 11.9. The Hall–Kier alpha value is -3.50. The molecule has 0 saturated carbocycles. The van der Waals surface area contributed by atoms with Crippen molar-refractivity contribution in [3.05, 3.63) is 58.1 Å². The number of ether oxygens (including phenoxy) is 1. The molecule has 2 aliphatic rings. The molecule has 10 heteroatoms. The summed E-state index contributed by atoms with van der Waals surface area (Å²) in [4.78, 5) is 40.4. The van der Waals surface area contributed by atoms with Crippen molar-refractivity contribution in [3.63, 3.8) is 0 Å². The van der Waals surface area contributed by atoms with E-state index in [4.69, 9.17) is 4.74 Å². The molecule has 4 rings (SSSR count). The van der Waals surface area contributed by atoms with E-state index in [2.05, 4.69) is 17.6 Å². The van der Waals surface area contributed by atoms with Gasteiger partial charge in [0.05, 0.1) is 24.7 Å². The van der Waals surface area contributed by atoms with E-state index in [1.807, 2.05) is 9.80 Å². The van der Waals surface area contributed by atoms with Gasteiger partial charge in [0.1, 0.15) is 5.69 Å². The van der Waals surface area contributed by atoms with Crippen LogP contribution in [0.25, 0.3) is 0 Å². The molecule has 2 amide bonds. The van der Waals surface area contributed by atoms with Crippen molar-refractivity contribution in [1.82, 2.24) is 4.90 Å². The lowest BCUT2D eigenvalue weighted by molar-refractivity contribution is -0.384. The van der Waals surface area contributed by atoms with E-state index in [0.29, 0.717) is 42.7 Å². The molecule has 2 heterocycles. The van der Waals surface area contributed by atoms with Crippen LogP contribution >= 0.6 is 0 Å². The number of nitro groups is 1. The summed E-state index contributed by atoms with van der Waals surface area (Å²) in [5.41, 5.74) is 1.85. The third-order valence-corrected chi connectivity index (χ3v) is 6.46. The van der Waals surface area contributed by atoms with Crippen LogP contribution in [0.15, 0.2) is 42.5 Å². The fraction of sp³-hybridized carbons (Fsp3) is 0.440. The molecule has 0 atom stereocenters. The Morgan fingerprint density at radius 1 is 1.00 bits per heavy atom. The van der Waals surface area contributed by atoms with E-state index in [1.165, 1.54) is 6.07 Å². The highest BCUT2D eigenvalue weighted by Gasteiger charge is 2.25. The second-order valence-corrected chi connectivity index (χ2v) is 9.10. The molecule has 0 bridgehead atoms. The number of anilines is 3. The molecule has 35 heavy (non-hydrogen) atoms. The standard InChI is InChI=1S/C25H31N5O5/c1-18-8-10-29(11-9-18)22-7-2-19(16-23(22)30(33)34)25(32)27-21-5-3-20(4-6-21)26-24(31)17-28-12-14-35-15-13-28/h2-7,16,18H,8-15,17H2,1H3,(H,26,31)(H,27,32). The van der Waals surface area contributed by atoms with Crippen LogP contribution in [0.3, 0.4) is 0 Å². The topological polar surface area (TPSA) is 117 Å². The van der Waals surface area contributed by atoms with Gasteiger partial charge >= 0.3 is 0 Å². The molecular formula is C25H31N5O5. The summed E-state index contributed by atoms with van der Waals surface area (Å²) >= 11 is 0. The third kappa shape index (κ3) is 6.55. The minimum absolute atomic E-state index is 0.0643. The first kappa shape index (κ1) is 24.6. The van der Waals surface area contributed by atoms with Crippen LogP contribution in [0.5, 0.6) is 0 Å².